The number of hydrogen-bond acceptors (Lipinski definition) is 6. The molecule has 1 N–H and O–H groups in total. The van der Waals surface area contributed by atoms with Crippen LogP contribution in [0.1, 0.15) is 26.5 Å². The maximum absolute atomic E-state index is 13.1. The number of anilines is 2. The van der Waals surface area contributed by atoms with Gasteiger partial charge in [-0.25, -0.2) is 9.78 Å². The second-order valence-corrected chi connectivity index (χ2v) is 8.37. The molecule has 4 heterocycles. The second kappa shape index (κ2) is 6.73. The molecule has 0 aliphatic carbocycles. The lowest BCUT2D eigenvalue weighted by atomic mass is 9.87. The number of amidine groups is 1. The number of morpholine rings is 1. The molecular weight excluding hydrogens is 362 g/mol. The number of carboxylic acid groups (broad SMARTS) is 1. The van der Waals surface area contributed by atoms with Gasteiger partial charge in [-0.3, -0.25) is 19.6 Å². The lowest BCUT2D eigenvalue weighted by molar-refractivity contribution is -0.135. The number of aliphatic carboxylic acids is 1. The van der Waals surface area contributed by atoms with Crippen LogP contribution in [0.15, 0.2) is 17.3 Å². The van der Waals surface area contributed by atoms with Crippen molar-refractivity contribution in [2.45, 2.75) is 26.8 Å². The van der Waals surface area contributed by atoms with Gasteiger partial charge in [0.2, 0.25) is 0 Å². The Bertz CT molecular complexity index is 841. The van der Waals surface area contributed by atoms with E-state index in [1.54, 1.807) is 11.1 Å². The molecule has 1 fully saturated rings. The van der Waals surface area contributed by atoms with Gasteiger partial charge in [-0.05, 0) is 11.5 Å². The molecule has 9 nitrogen and oxygen atoms in total. The number of hydrogen-bond donors (Lipinski definition) is 1. The van der Waals surface area contributed by atoms with Gasteiger partial charge in [-0.15, -0.1) is 0 Å². The van der Waals surface area contributed by atoms with Crippen molar-refractivity contribution in [2.24, 2.45) is 10.4 Å². The van der Waals surface area contributed by atoms with Gasteiger partial charge in [0.25, 0.3) is 0 Å². The Morgan fingerprint density at radius 1 is 1.32 bits per heavy atom. The van der Waals surface area contributed by atoms with Gasteiger partial charge in [0.05, 0.1) is 43.4 Å². The SMILES string of the molecule is CC(C)(C)C1CN2C(=O)N(CC(=O)O)c3cc(N4CCOCC4)cnc3C2=N1. The average Bonchev–Trinajstić information content (AvgIpc) is 3.11. The van der Waals surface area contributed by atoms with Gasteiger partial charge in [-0.2, -0.15) is 0 Å². The Kier molecular flexibility index (Phi) is 4.49. The number of aromatic nitrogens is 1. The van der Waals surface area contributed by atoms with Crippen LogP contribution in [0, 0.1) is 5.41 Å². The topological polar surface area (TPSA) is 98.6 Å². The highest BCUT2D eigenvalue weighted by molar-refractivity contribution is 6.20. The third-order valence-electron chi connectivity index (χ3n) is 5.38. The van der Waals surface area contributed by atoms with Crippen molar-refractivity contribution in [2.75, 3.05) is 49.2 Å². The fourth-order valence-electron chi connectivity index (χ4n) is 3.69. The van der Waals surface area contributed by atoms with Gasteiger partial charge >= 0.3 is 12.0 Å². The first-order valence-corrected chi connectivity index (χ1v) is 9.47. The molecule has 1 saturated heterocycles. The first-order valence-electron chi connectivity index (χ1n) is 9.47. The molecule has 0 bridgehead atoms. The third kappa shape index (κ3) is 3.19. The van der Waals surface area contributed by atoms with E-state index in [2.05, 4.69) is 30.7 Å². The molecule has 2 amide bonds. The summed E-state index contributed by atoms with van der Waals surface area (Å²) in [7, 11) is 0. The van der Waals surface area contributed by atoms with E-state index in [1.807, 2.05) is 6.07 Å². The molecule has 1 atom stereocenters. The van der Waals surface area contributed by atoms with E-state index in [-0.39, 0.29) is 17.5 Å². The molecule has 3 aliphatic rings. The number of amides is 2. The van der Waals surface area contributed by atoms with E-state index >= 15 is 0 Å². The van der Waals surface area contributed by atoms with Crippen molar-refractivity contribution >= 4 is 29.2 Å². The minimum absolute atomic E-state index is 0.0650. The van der Waals surface area contributed by atoms with E-state index in [9.17, 15) is 14.7 Å². The lowest BCUT2D eigenvalue weighted by Crippen LogP contribution is -2.52. The smallest absolute Gasteiger partial charge is 0.330 e. The normalized spacial score (nSPS) is 22.1. The number of urea groups is 1. The highest BCUT2D eigenvalue weighted by Crippen LogP contribution is 2.36. The predicted molar refractivity (Wildman–Crippen MR) is 104 cm³/mol. The van der Waals surface area contributed by atoms with Crippen LogP contribution in [0.2, 0.25) is 0 Å². The maximum atomic E-state index is 13.1. The molecule has 9 heteroatoms. The van der Waals surface area contributed by atoms with Gasteiger partial charge in [-0.1, -0.05) is 20.8 Å². The first kappa shape index (κ1) is 18.7. The van der Waals surface area contributed by atoms with Gasteiger partial charge in [0, 0.05) is 13.1 Å². The molecule has 150 valence electrons. The Morgan fingerprint density at radius 3 is 2.68 bits per heavy atom. The number of ether oxygens (including phenoxy) is 1. The van der Waals surface area contributed by atoms with Crippen LogP contribution in [0.3, 0.4) is 0 Å². The molecule has 1 aromatic rings. The Labute approximate surface area is 163 Å². The summed E-state index contributed by atoms with van der Waals surface area (Å²) in [5, 5.41) is 9.36. The lowest BCUT2D eigenvalue weighted by Gasteiger charge is -2.35. The summed E-state index contributed by atoms with van der Waals surface area (Å²) in [4.78, 5) is 38.9. The summed E-state index contributed by atoms with van der Waals surface area (Å²) in [6.45, 7) is 8.97. The number of pyridine rings is 1. The minimum atomic E-state index is -1.07. The standard InChI is InChI=1S/C19H25N5O4/c1-19(2,3)14-10-24-17(21-14)16-13(23(18(24)27)11-15(25)26)8-12(9-20-16)22-4-6-28-7-5-22/h8-9,14H,4-7,10-11H2,1-3H3,(H,25,26). The molecule has 1 unspecified atom stereocenters. The number of carboxylic acids is 1. The monoisotopic (exact) mass is 387 g/mol. The number of carbonyl (C=O) groups is 2. The summed E-state index contributed by atoms with van der Waals surface area (Å²) in [5.41, 5.74) is 1.80. The zero-order chi connectivity index (χ0) is 20.1. The fourth-order valence-corrected chi connectivity index (χ4v) is 3.69. The van der Waals surface area contributed by atoms with E-state index in [4.69, 9.17) is 9.73 Å². The van der Waals surface area contributed by atoms with Crippen molar-refractivity contribution in [1.82, 2.24) is 9.88 Å². The Balaban J connectivity index is 1.78. The number of fused-ring (bicyclic) bond motifs is 3. The largest absolute Gasteiger partial charge is 0.480 e. The second-order valence-electron chi connectivity index (χ2n) is 8.37. The molecule has 28 heavy (non-hydrogen) atoms. The number of aliphatic imine (C=N–C) groups is 1. The van der Waals surface area contributed by atoms with Crippen molar-refractivity contribution in [1.29, 1.82) is 0 Å². The van der Waals surface area contributed by atoms with Crippen molar-refractivity contribution < 1.29 is 19.4 Å². The molecule has 0 radical (unpaired) electrons. The highest BCUT2D eigenvalue weighted by atomic mass is 16.5. The van der Waals surface area contributed by atoms with Crippen LogP contribution in [0.4, 0.5) is 16.2 Å². The summed E-state index contributed by atoms with van der Waals surface area (Å²) in [6, 6.07) is 1.42. The molecule has 0 spiro atoms. The number of carbonyl (C=O) groups excluding carboxylic acids is 1. The molecule has 3 aliphatic heterocycles. The predicted octanol–water partition coefficient (Wildman–Crippen LogP) is 1.42. The van der Waals surface area contributed by atoms with Crippen LogP contribution in [-0.2, 0) is 9.53 Å². The summed E-state index contributed by atoms with van der Waals surface area (Å²) in [6.07, 6.45) is 1.77. The van der Waals surface area contributed by atoms with Crippen molar-refractivity contribution in [3.63, 3.8) is 0 Å². The molecule has 1 aromatic heterocycles. The van der Waals surface area contributed by atoms with Crippen LogP contribution in [-0.4, -0.2) is 78.3 Å². The van der Waals surface area contributed by atoms with E-state index < -0.39 is 12.5 Å². The zero-order valence-electron chi connectivity index (χ0n) is 16.4. The summed E-state index contributed by atoms with van der Waals surface area (Å²) >= 11 is 0. The Morgan fingerprint density at radius 2 is 2.04 bits per heavy atom. The van der Waals surface area contributed by atoms with Crippen LogP contribution in [0.25, 0.3) is 0 Å². The van der Waals surface area contributed by atoms with Crippen LogP contribution in [0.5, 0.6) is 0 Å². The quantitative estimate of drug-likeness (QED) is 0.842. The molecule has 4 rings (SSSR count). The molecule has 0 aromatic carbocycles. The first-order chi connectivity index (χ1) is 13.3. The highest BCUT2D eigenvalue weighted by Gasteiger charge is 2.44. The van der Waals surface area contributed by atoms with E-state index in [0.717, 1.165) is 18.8 Å². The zero-order valence-corrected chi connectivity index (χ0v) is 16.4. The summed E-state index contributed by atoms with van der Waals surface area (Å²) < 4.78 is 5.39. The molecule has 0 saturated carbocycles. The number of nitrogens with zero attached hydrogens (tertiary/aromatic N) is 5. The fraction of sp³-hybridized carbons (Fsp3) is 0.579. The summed E-state index contributed by atoms with van der Waals surface area (Å²) in [5.74, 6) is -0.530. The van der Waals surface area contributed by atoms with Crippen molar-refractivity contribution in [3.8, 4) is 0 Å². The van der Waals surface area contributed by atoms with Crippen molar-refractivity contribution in [3.05, 3.63) is 18.0 Å². The van der Waals surface area contributed by atoms with E-state index in [0.29, 0.717) is 37.0 Å². The average molecular weight is 387 g/mol. The van der Waals surface area contributed by atoms with E-state index in [1.165, 1.54) is 4.90 Å². The minimum Gasteiger partial charge on any atom is -0.480 e. The van der Waals surface area contributed by atoms with Gasteiger partial charge < -0.3 is 14.7 Å². The third-order valence-corrected chi connectivity index (χ3v) is 5.38. The number of rotatable bonds is 3. The maximum Gasteiger partial charge on any atom is 0.330 e. The van der Waals surface area contributed by atoms with Crippen LogP contribution < -0.4 is 9.80 Å². The molecular formula is C19H25N5O4. The van der Waals surface area contributed by atoms with Crippen LogP contribution >= 0.6 is 0 Å². The van der Waals surface area contributed by atoms with Gasteiger partial charge in [0.15, 0.2) is 5.84 Å². The van der Waals surface area contributed by atoms with Gasteiger partial charge in [0.1, 0.15) is 12.2 Å². The Hall–Kier alpha value is -2.68.